The number of ether oxygens (including phenoxy) is 2. The first-order valence-corrected chi connectivity index (χ1v) is 4.98. The molecule has 0 saturated carbocycles. The number of alkyl carbamates (subject to hydrolysis) is 1. The minimum atomic E-state index is -0.515. The molecule has 0 radical (unpaired) electrons. The smallest absolute Gasteiger partial charge is 0.407 e. The number of carbonyl (C=O) groups is 1. The summed E-state index contributed by atoms with van der Waals surface area (Å²) < 4.78 is 23.5. The van der Waals surface area contributed by atoms with Gasteiger partial charge in [-0.3, -0.25) is 0 Å². The SMILES string of the molecule is COc1cccc([C@@H]2CCOC(=O)N2)c1F. The molecule has 1 aromatic rings. The third-order valence-corrected chi connectivity index (χ3v) is 2.52. The fourth-order valence-corrected chi connectivity index (χ4v) is 1.71. The van der Waals surface area contributed by atoms with Crippen molar-refractivity contribution in [1.82, 2.24) is 5.32 Å². The molecule has 86 valence electrons. The highest BCUT2D eigenvalue weighted by atomic mass is 19.1. The predicted octanol–water partition coefficient (Wildman–Crippen LogP) is 2.01. The molecular weight excluding hydrogens is 213 g/mol. The molecule has 1 heterocycles. The maximum Gasteiger partial charge on any atom is 0.407 e. The number of hydrogen-bond donors (Lipinski definition) is 1. The standard InChI is InChI=1S/C11H12FNO3/c1-15-9-4-2-3-7(10(9)12)8-5-6-16-11(14)13-8/h2-4,8H,5-6H2,1H3,(H,13,14)/t8-/m0/s1. The van der Waals surface area contributed by atoms with Crippen LogP contribution in [0.15, 0.2) is 18.2 Å². The molecule has 1 saturated heterocycles. The number of halogens is 1. The number of nitrogens with one attached hydrogen (secondary N) is 1. The first kappa shape index (κ1) is 10.7. The van der Waals surface area contributed by atoms with Gasteiger partial charge in [0.15, 0.2) is 11.6 Å². The summed E-state index contributed by atoms with van der Waals surface area (Å²) in [6.45, 7) is 0.299. The number of methoxy groups -OCH3 is 1. The second-order valence-electron chi connectivity index (χ2n) is 3.49. The van der Waals surface area contributed by atoms with Crippen molar-refractivity contribution in [3.63, 3.8) is 0 Å². The summed E-state index contributed by atoms with van der Waals surface area (Å²) in [4.78, 5) is 11.0. The van der Waals surface area contributed by atoms with Gasteiger partial charge >= 0.3 is 6.09 Å². The van der Waals surface area contributed by atoms with E-state index in [4.69, 9.17) is 9.47 Å². The lowest BCUT2D eigenvalue weighted by Crippen LogP contribution is -2.35. The number of carbonyl (C=O) groups excluding carboxylic acids is 1. The van der Waals surface area contributed by atoms with Crippen LogP contribution in [0.2, 0.25) is 0 Å². The van der Waals surface area contributed by atoms with E-state index in [0.717, 1.165) is 0 Å². The van der Waals surface area contributed by atoms with Crippen LogP contribution >= 0.6 is 0 Å². The molecule has 1 amide bonds. The lowest BCUT2D eigenvalue weighted by molar-refractivity contribution is 0.115. The third kappa shape index (κ3) is 1.93. The number of cyclic esters (lactones) is 1. The van der Waals surface area contributed by atoms with Crippen LogP contribution in [-0.2, 0) is 4.74 Å². The molecule has 1 aliphatic heterocycles. The van der Waals surface area contributed by atoms with Gasteiger partial charge < -0.3 is 14.8 Å². The molecule has 0 unspecified atom stereocenters. The monoisotopic (exact) mass is 225 g/mol. The predicted molar refractivity (Wildman–Crippen MR) is 54.8 cm³/mol. The average molecular weight is 225 g/mol. The van der Waals surface area contributed by atoms with Gasteiger partial charge in [0, 0.05) is 12.0 Å². The summed E-state index contributed by atoms with van der Waals surface area (Å²) >= 11 is 0. The fraction of sp³-hybridized carbons (Fsp3) is 0.364. The van der Waals surface area contributed by atoms with Crippen LogP contribution in [0.4, 0.5) is 9.18 Å². The van der Waals surface area contributed by atoms with Gasteiger partial charge in [0.1, 0.15) is 0 Å². The summed E-state index contributed by atoms with van der Waals surface area (Å²) in [5.41, 5.74) is 0.427. The quantitative estimate of drug-likeness (QED) is 0.837. The van der Waals surface area contributed by atoms with E-state index in [1.807, 2.05) is 0 Å². The maximum atomic E-state index is 13.9. The highest BCUT2D eigenvalue weighted by molar-refractivity contribution is 5.68. The first-order chi connectivity index (χ1) is 7.72. The fourth-order valence-electron chi connectivity index (χ4n) is 1.71. The molecular formula is C11H12FNO3. The number of rotatable bonds is 2. The highest BCUT2D eigenvalue weighted by Crippen LogP contribution is 2.28. The Morgan fingerprint density at radius 3 is 3.06 bits per heavy atom. The van der Waals surface area contributed by atoms with Crippen LogP contribution in [0.1, 0.15) is 18.0 Å². The van der Waals surface area contributed by atoms with Crippen LogP contribution in [-0.4, -0.2) is 19.8 Å². The molecule has 5 heteroatoms. The molecule has 1 atom stereocenters. The number of hydrogen-bond acceptors (Lipinski definition) is 3. The van der Waals surface area contributed by atoms with Crippen LogP contribution in [0, 0.1) is 5.82 Å². The molecule has 0 spiro atoms. The molecule has 1 fully saturated rings. The van der Waals surface area contributed by atoms with E-state index in [9.17, 15) is 9.18 Å². The molecule has 4 nitrogen and oxygen atoms in total. The van der Waals surface area contributed by atoms with Crippen molar-refractivity contribution in [1.29, 1.82) is 0 Å². The summed E-state index contributed by atoms with van der Waals surface area (Å²) in [5, 5.41) is 2.57. The van der Waals surface area contributed by atoms with E-state index >= 15 is 0 Å². The molecule has 2 rings (SSSR count). The summed E-state index contributed by atoms with van der Waals surface area (Å²) in [6, 6.07) is 4.52. The second-order valence-corrected chi connectivity index (χ2v) is 3.49. The molecule has 0 aliphatic carbocycles. The van der Waals surface area contributed by atoms with Gasteiger partial charge in [-0.1, -0.05) is 12.1 Å². The normalized spacial score (nSPS) is 19.9. The molecule has 1 aliphatic rings. The number of amides is 1. The van der Waals surface area contributed by atoms with Gasteiger partial charge in [0.25, 0.3) is 0 Å². The largest absolute Gasteiger partial charge is 0.494 e. The lowest BCUT2D eigenvalue weighted by Gasteiger charge is -2.24. The topological polar surface area (TPSA) is 47.6 Å². The average Bonchev–Trinajstić information content (AvgIpc) is 2.29. The Labute approximate surface area is 92.4 Å². The molecule has 1 aromatic carbocycles. The lowest BCUT2D eigenvalue weighted by atomic mass is 10.0. The van der Waals surface area contributed by atoms with Crippen molar-refractivity contribution >= 4 is 6.09 Å². The zero-order chi connectivity index (χ0) is 11.5. The Hall–Kier alpha value is -1.78. The van der Waals surface area contributed by atoms with Gasteiger partial charge in [-0.25, -0.2) is 9.18 Å². The summed E-state index contributed by atoms with van der Waals surface area (Å²) in [7, 11) is 1.41. The second kappa shape index (κ2) is 4.38. The molecule has 16 heavy (non-hydrogen) atoms. The number of benzene rings is 1. The van der Waals surface area contributed by atoms with E-state index in [0.29, 0.717) is 18.6 Å². The van der Waals surface area contributed by atoms with Crippen LogP contribution in [0.5, 0.6) is 5.75 Å². The van der Waals surface area contributed by atoms with Crippen LogP contribution in [0.3, 0.4) is 0 Å². The van der Waals surface area contributed by atoms with Crippen molar-refractivity contribution in [3.8, 4) is 5.75 Å². The van der Waals surface area contributed by atoms with Gasteiger partial charge in [-0.15, -0.1) is 0 Å². The zero-order valence-electron chi connectivity index (χ0n) is 8.83. The van der Waals surface area contributed by atoms with Crippen molar-refractivity contribution < 1.29 is 18.7 Å². The van der Waals surface area contributed by atoms with E-state index in [2.05, 4.69) is 5.32 Å². The third-order valence-electron chi connectivity index (χ3n) is 2.52. The maximum absolute atomic E-state index is 13.9. The van der Waals surface area contributed by atoms with Gasteiger partial charge in [0.2, 0.25) is 0 Å². The van der Waals surface area contributed by atoms with E-state index < -0.39 is 11.9 Å². The van der Waals surface area contributed by atoms with Crippen LogP contribution < -0.4 is 10.1 Å². The van der Waals surface area contributed by atoms with Crippen molar-refractivity contribution in [3.05, 3.63) is 29.6 Å². The van der Waals surface area contributed by atoms with E-state index in [-0.39, 0.29) is 11.8 Å². The van der Waals surface area contributed by atoms with Gasteiger partial charge in [-0.05, 0) is 6.07 Å². The van der Waals surface area contributed by atoms with Crippen molar-refractivity contribution in [2.75, 3.05) is 13.7 Å². The zero-order valence-corrected chi connectivity index (χ0v) is 8.83. The Balaban J connectivity index is 2.29. The van der Waals surface area contributed by atoms with E-state index in [1.165, 1.54) is 7.11 Å². The van der Waals surface area contributed by atoms with Gasteiger partial charge in [-0.2, -0.15) is 0 Å². The molecule has 0 bridgehead atoms. The Kier molecular flexibility index (Phi) is 2.94. The van der Waals surface area contributed by atoms with Gasteiger partial charge in [0.05, 0.1) is 19.8 Å². The molecule has 0 aromatic heterocycles. The first-order valence-electron chi connectivity index (χ1n) is 4.98. The minimum absolute atomic E-state index is 0.179. The van der Waals surface area contributed by atoms with Crippen LogP contribution in [0.25, 0.3) is 0 Å². The Morgan fingerprint density at radius 2 is 2.38 bits per heavy atom. The van der Waals surface area contributed by atoms with Crippen molar-refractivity contribution in [2.24, 2.45) is 0 Å². The minimum Gasteiger partial charge on any atom is -0.494 e. The Bertz CT molecular complexity index is 408. The summed E-state index contributed by atoms with van der Waals surface area (Å²) in [6.07, 6.45) is 0.0361. The Morgan fingerprint density at radius 1 is 1.56 bits per heavy atom. The highest BCUT2D eigenvalue weighted by Gasteiger charge is 2.24. The summed E-state index contributed by atoms with van der Waals surface area (Å²) in [5.74, 6) is -0.254. The van der Waals surface area contributed by atoms with Crippen molar-refractivity contribution in [2.45, 2.75) is 12.5 Å². The molecule has 1 N–H and O–H groups in total. The van der Waals surface area contributed by atoms with E-state index in [1.54, 1.807) is 18.2 Å².